The summed E-state index contributed by atoms with van der Waals surface area (Å²) >= 11 is 0. The quantitative estimate of drug-likeness (QED) is 0.870. The molecule has 0 aliphatic rings. The van der Waals surface area contributed by atoms with Crippen molar-refractivity contribution in [3.63, 3.8) is 0 Å². The number of benzene rings is 2. The fourth-order valence-electron chi connectivity index (χ4n) is 2.13. The zero-order valence-electron chi connectivity index (χ0n) is 12.3. The number of hydrogen-bond acceptors (Lipinski definition) is 3. The first-order valence-electron chi connectivity index (χ1n) is 6.73. The second kappa shape index (κ2) is 7.08. The molecule has 0 fully saturated rings. The smallest absolute Gasteiger partial charge is 0.130 e. The molecule has 3 nitrogen and oxygen atoms in total. The predicted octanol–water partition coefficient (Wildman–Crippen LogP) is 3.65. The summed E-state index contributed by atoms with van der Waals surface area (Å²) in [4.78, 5) is 0. The van der Waals surface area contributed by atoms with Crippen LogP contribution in [0.3, 0.4) is 0 Å². The molecule has 0 radical (unpaired) electrons. The summed E-state index contributed by atoms with van der Waals surface area (Å²) in [5.41, 5.74) is 3.50. The molecule has 2 rings (SSSR count). The van der Waals surface area contributed by atoms with Crippen LogP contribution in [0.1, 0.15) is 16.7 Å². The third kappa shape index (κ3) is 3.83. The highest BCUT2D eigenvalue weighted by Gasteiger charge is 2.03. The van der Waals surface area contributed by atoms with E-state index in [9.17, 15) is 0 Å². The van der Waals surface area contributed by atoms with Crippen molar-refractivity contribution in [1.82, 2.24) is 5.32 Å². The topological polar surface area (TPSA) is 30.5 Å². The first-order valence-corrected chi connectivity index (χ1v) is 6.73. The molecule has 0 aromatic heterocycles. The van der Waals surface area contributed by atoms with Crippen LogP contribution in [0.4, 0.5) is 0 Å². The maximum atomic E-state index is 5.95. The van der Waals surface area contributed by atoms with Crippen molar-refractivity contribution in [1.29, 1.82) is 0 Å². The predicted molar refractivity (Wildman–Crippen MR) is 81.2 cm³/mol. The van der Waals surface area contributed by atoms with E-state index < -0.39 is 0 Å². The van der Waals surface area contributed by atoms with Gasteiger partial charge < -0.3 is 14.8 Å². The van der Waals surface area contributed by atoms with E-state index in [1.54, 1.807) is 7.11 Å². The molecule has 0 spiro atoms. The zero-order valence-corrected chi connectivity index (χ0v) is 12.3. The lowest BCUT2D eigenvalue weighted by molar-refractivity contribution is 0.184. The van der Waals surface area contributed by atoms with Crippen molar-refractivity contribution < 1.29 is 9.47 Å². The van der Waals surface area contributed by atoms with Gasteiger partial charge in [-0.15, -0.1) is 0 Å². The van der Waals surface area contributed by atoms with Crippen LogP contribution >= 0.6 is 0 Å². The molecular formula is C17H21NO2. The monoisotopic (exact) mass is 271 g/mol. The second-order valence-corrected chi connectivity index (χ2v) is 4.81. The fraction of sp³-hybridized carbons (Fsp3) is 0.294. The Labute approximate surface area is 120 Å². The summed E-state index contributed by atoms with van der Waals surface area (Å²) in [5.74, 6) is 1.73. The molecule has 0 heterocycles. The third-order valence-electron chi connectivity index (χ3n) is 3.06. The van der Waals surface area contributed by atoms with Crippen molar-refractivity contribution in [2.24, 2.45) is 0 Å². The Kier molecular flexibility index (Phi) is 5.16. The minimum Gasteiger partial charge on any atom is -0.457 e. The van der Waals surface area contributed by atoms with Gasteiger partial charge in [-0.3, -0.25) is 0 Å². The van der Waals surface area contributed by atoms with E-state index in [-0.39, 0.29) is 0 Å². The van der Waals surface area contributed by atoms with Gasteiger partial charge in [0.05, 0.1) is 6.61 Å². The van der Waals surface area contributed by atoms with Gasteiger partial charge in [0.1, 0.15) is 11.5 Å². The van der Waals surface area contributed by atoms with E-state index in [4.69, 9.17) is 9.47 Å². The summed E-state index contributed by atoms with van der Waals surface area (Å²) in [7, 11) is 3.64. The van der Waals surface area contributed by atoms with Gasteiger partial charge >= 0.3 is 0 Å². The van der Waals surface area contributed by atoms with Gasteiger partial charge in [-0.1, -0.05) is 24.3 Å². The molecule has 0 saturated heterocycles. The van der Waals surface area contributed by atoms with Crippen LogP contribution in [0.5, 0.6) is 11.5 Å². The molecule has 0 saturated carbocycles. The highest BCUT2D eigenvalue weighted by atomic mass is 16.5. The van der Waals surface area contributed by atoms with Crippen molar-refractivity contribution >= 4 is 0 Å². The molecule has 0 bridgehead atoms. The molecule has 20 heavy (non-hydrogen) atoms. The van der Waals surface area contributed by atoms with Crippen LogP contribution in [-0.4, -0.2) is 14.2 Å². The van der Waals surface area contributed by atoms with Crippen molar-refractivity contribution in [2.45, 2.75) is 20.1 Å². The number of nitrogens with one attached hydrogen (secondary N) is 1. The number of hydrogen-bond donors (Lipinski definition) is 1. The van der Waals surface area contributed by atoms with E-state index in [0.29, 0.717) is 6.61 Å². The van der Waals surface area contributed by atoms with Crippen LogP contribution in [-0.2, 0) is 17.9 Å². The van der Waals surface area contributed by atoms with Gasteiger partial charge in [-0.25, -0.2) is 0 Å². The van der Waals surface area contributed by atoms with Gasteiger partial charge in [-0.2, -0.15) is 0 Å². The lowest BCUT2D eigenvalue weighted by Crippen LogP contribution is -2.05. The SMILES string of the molecule is CNCc1ccc(Oc2cccc(COC)c2)c(C)c1. The average molecular weight is 271 g/mol. The molecule has 2 aromatic rings. The summed E-state index contributed by atoms with van der Waals surface area (Å²) in [5, 5.41) is 3.15. The van der Waals surface area contributed by atoms with E-state index in [1.165, 1.54) is 5.56 Å². The molecule has 0 atom stereocenters. The van der Waals surface area contributed by atoms with E-state index >= 15 is 0 Å². The fourth-order valence-corrected chi connectivity index (χ4v) is 2.13. The lowest BCUT2D eigenvalue weighted by atomic mass is 10.1. The summed E-state index contributed by atoms with van der Waals surface area (Å²) in [6.45, 7) is 3.52. The van der Waals surface area contributed by atoms with Crippen LogP contribution in [0.15, 0.2) is 42.5 Å². The van der Waals surface area contributed by atoms with Gasteiger partial charge in [0.15, 0.2) is 0 Å². The van der Waals surface area contributed by atoms with Crippen molar-refractivity contribution in [3.8, 4) is 11.5 Å². The lowest BCUT2D eigenvalue weighted by Gasteiger charge is -2.11. The molecule has 1 N–H and O–H groups in total. The largest absolute Gasteiger partial charge is 0.457 e. The number of aryl methyl sites for hydroxylation is 1. The van der Waals surface area contributed by atoms with Gasteiger partial charge in [-0.05, 0) is 48.9 Å². The maximum Gasteiger partial charge on any atom is 0.130 e. The van der Waals surface area contributed by atoms with Crippen LogP contribution in [0.2, 0.25) is 0 Å². The molecular weight excluding hydrogens is 250 g/mol. The number of rotatable bonds is 6. The Morgan fingerprint density at radius 1 is 1.05 bits per heavy atom. The Morgan fingerprint density at radius 3 is 2.60 bits per heavy atom. The summed E-state index contributed by atoms with van der Waals surface area (Å²) in [6, 6.07) is 14.2. The first-order chi connectivity index (χ1) is 9.72. The Bertz CT molecular complexity index is 567. The molecule has 0 amide bonds. The molecule has 0 aliphatic heterocycles. The summed E-state index contributed by atoms with van der Waals surface area (Å²) in [6.07, 6.45) is 0. The molecule has 2 aromatic carbocycles. The minimum absolute atomic E-state index is 0.595. The number of ether oxygens (including phenoxy) is 2. The zero-order chi connectivity index (χ0) is 14.4. The van der Waals surface area contributed by atoms with E-state index in [2.05, 4.69) is 24.4 Å². The third-order valence-corrected chi connectivity index (χ3v) is 3.06. The minimum atomic E-state index is 0.595. The van der Waals surface area contributed by atoms with Crippen molar-refractivity contribution in [3.05, 3.63) is 59.2 Å². The first kappa shape index (κ1) is 14.6. The van der Waals surface area contributed by atoms with Gasteiger partial charge in [0.25, 0.3) is 0 Å². The Balaban J connectivity index is 2.15. The standard InChI is InChI=1S/C17H21NO2/c1-13-9-14(11-18-2)7-8-17(13)20-16-6-4-5-15(10-16)12-19-3/h4-10,18H,11-12H2,1-3H3. The van der Waals surface area contributed by atoms with Crippen LogP contribution in [0.25, 0.3) is 0 Å². The second-order valence-electron chi connectivity index (χ2n) is 4.81. The average Bonchev–Trinajstić information content (AvgIpc) is 2.43. The Morgan fingerprint density at radius 2 is 1.90 bits per heavy atom. The normalized spacial score (nSPS) is 10.6. The molecule has 106 valence electrons. The molecule has 0 unspecified atom stereocenters. The molecule has 0 aliphatic carbocycles. The molecule has 3 heteroatoms. The summed E-state index contributed by atoms with van der Waals surface area (Å²) < 4.78 is 11.1. The highest BCUT2D eigenvalue weighted by Crippen LogP contribution is 2.26. The van der Waals surface area contributed by atoms with Gasteiger partial charge in [0.2, 0.25) is 0 Å². The van der Waals surface area contributed by atoms with Crippen LogP contribution in [0, 0.1) is 6.92 Å². The van der Waals surface area contributed by atoms with E-state index in [0.717, 1.165) is 29.2 Å². The van der Waals surface area contributed by atoms with Crippen LogP contribution < -0.4 is 10.1 Å². The van der Waals surface area contributed by atoms with E-state index in [1.807, 2.05) is 37.4 Å². The number of methoxy groups -OCH3 is 1. The van der Waals surface area contributed by atoms with Crippen molar-refractivity contribution in [2.75, 3.05) is 14.2 Å². The maximum absolute atomic E-state index is 5.95. The van der Waals surface area contributed by atoms with Gasteiger partial charge in [0, 0.05) is 13.7 Å². The Hall–Kier alpha value is -1.84. The highest BCUT2D eigenvalue weighted by molar-refractivity contribution is 5.40.